The number of anilines is 1. The molecule has 1 aliphatic heterocycles. The monoisotopic (exact) mass is 554 g/mol. The Bertz CT molecular complexity index is 959. The predicted molar refractivity (Wildman–Crippen MR) is 134 cm³/mol. The molecule has 0 spiro atoms. The maximum atomic E-state index is 12.3. The molecular formula is C23H27IN2O4S. The van der Waals surface area contributed by atoms with Gasteiger partial charge in [-0.15, -0.1) is 0 Å². The van der Waals surface area contributed by atoms with Gasteiger partial charge in [-0.05, 0) is 73.2 Å². The van der Waals surface area contributed by atoms with Crippen LogP contribution >= 0.6 is 34.8 Å². The van der Waals surface area contributed by atoms with E-state index in [0.717, 1.165) is 38.5 Å². The maximum absolute atomic E-state index is 12.3. The van der Waals surface area contributed by atoms with E-state index in [2.05, 4.69) is 32.8 Å². The molecule has 1 heterocycles. The largest absolute Gasteiger partial charge is 0.493 e. The summed E-state index contributed by atoms with van der Waals surface area (Å²) in [6, 6.07) is 11.5. The lowest BCUT2D eigenvalue weighted by atomic mass is 10.1. The highest BCUT2D eigenvalue weighted by atomic mass is 127. The van der Waals surface area contributed by atoms with Gasteiger partial charge in [0.2, 0.25) is 0 Å². The summed E-state index contributed by atoms with van der Waals surface area (Å²) in [4.78, 5) is 15.2. The quantitative estimate of drug-likeness (QED) is 0.422. The van der Waals surface area contributed by atoms with Gasteiger partial charge in [0, 0.05) is 24.3 Å². The molecule has 31 heavy (non-hydrogen) atoms. The third kappa shape index (κ3) is 6.30. The highest BCUT2D eigenvalue weighted by Crippen LogP contribution is 2.34. The van der Waals surface area contributed by atoms with E-state index in [1.165, 1.54) is 0 Å². The molecule has 0 saturated carbocycles. The molecule has 0 radical (unpaired) electrons. The first-order chi connectivity index (χ1) is 14.8. The van der Waals surface area contributed by atoms with Crippen molar-refractivity contribution in [3.05, 3.63) is 51.1 Å². The van der Waals surface area contributed by atoms with Gasteiger partial charge in [0.05, 0.1) is 22.9 Å². The van der Waals surface area contributed by atoms with Crippen LogP contribution in [0.15, 0.2) is 36.4 Å². The van der Waals surface area contributed by atoms with Gasteiger partial charge in [-0.1, -0.05) is 24.4 Å². The van der Waals surface area contributed by atoms with E-state index in [-0.39, 0.29) is 24.7 Å². The first-order valence-corrected chi connectivity index (χ1v) is 11.6. The molecule has 2 aromatic carbocycles. The van der Waals surface area contributed by atoms with Crippen LogP contribution in [-0.2, 0) is 9.53 Å². The fourth-order valence-electron chi connectivity index (χ4n) is 3.57. The Hall–Kier alpha value is -1.91. The van der Waals surface area contributed by atoms with Gasteiger partial charge < -0.3 is 24.4 Å². The van der Waals surface area contributed by atoms with Gasteiger partial charge in [0.25, 0.3) is 5.91 Å². The van der Waals surface area contributed by atoms with E-state index >= 15 is 0 Å². The number of thiocarbonyl (C=S) groups is 1. The van der Waals surface area contributed by atoms with Crippen molar-refractivity contribution in [3.8, 4) is 11.5 Å². The first-order valence-electron chi connectivity index (χ1n) is 10.1. The zero-order valence-corrected chi connectivity index (χ0v) is 21.1. The molecule has 6 nitrogen and oxygen atoms in total. The van der Waals surface area contributed by atoms with Gasteiger partial charge in [-0.25, -0.2) is 0 Å². The van der Waals surface area contributed by atoms with Crippen molar-refractivity contribution in [2.24, 2.45) is 0 Å². The van der Waals surface area contributed by atoms with Crippen molar-refractivity contribution < 1.29 is 19.0 Å². The molecule has 2 aromatic rings. The average molecular weight is 554 g/mol. The van der Waals surface area contributed by atoms with Gasteiger partial charge >= 0.3 is 0 Å². The van der Waals surface area contributed by atoms with Crippen LogP contribution in [0.5, 0.6) is 11.5 Å². The Morgan fingerprint density at radius 2 is 1.97 bits per heavy atom. The van der Waals surface area contributed by atoms with Gasteiger partial charge in [0.15, 0.2) is 18.1 Å². The molecule has 0 bridgehead atoms. The summed E-state index contributed by atoms with van der Waals surface area (Å²) >= 11 is 7.94. The number of hydrogen-bond donors (Lipinski definition) is 1. The Balaban J connectivity index is 1.70. The standard InChI is InChI=1S/C23H27IN2O4S/c1-14-6-5-7-18(8-14)25-21(27)13-29-22-19(24)9-17(10-20(22)28-4)23(31)26-11-15(2)30-16(3)12-26/h5-10,15-16H,11-13H2,1-4H3,(H,25,27)/t15-,16-/m1/s1. The van der Waals surface area contributed by atoms with Crippen molar-refractivity contribution in [2.75, 3.05) is 32.1 Å². The summed E-state index contributed by atoms with van der Waals surface area (Å²) in [5.41, 5.74) is 2.70. The lowest BCUT2D eigenvalue weighted by Gasteiger charge is -2.37. The fourth-order valence-corrected chi connectivity index (χ4v) is 4.59. The number of carbonyl (C=O) groups excluding carboxylic acids is 1. The van der Waals surface area contributed by atoms with Crippen LogP contribution in [0.1, 0.15) is 25.0 Å². The molecule has 0 aromatic heterocycles. The molecule has 1 fully saturated rings. The maximum Gasteiger partial charge on any atom is 0.262 e. The van der Waals surface area contributed by atoms with Crippen LogP contribution < -0.4 is 14.8 Å². The summed E-state index contributed by atoms with van der Waals surface area (Å²) in [6.45, 7) is 7.45. The Morgan fingerprint density at radius 1 is 1.26 bits per heavy atom. The molecule has 3 rings (SSSR count). The minimum Gasteiger partial charge on any atom is -0.493 e. The third-order valence-electron chi connectivity index (χ3n) is 4.83. The van der Waals surface area contributed by atoms with Crippen molar-refractivity contribution >= 4 is 51.4 Å². The number of aryl methyl sites for hydroxylation is 1. The van der Waals surface area contributed by atoms with Crippen LogP contribution in [0.2, 0.25) is 0 Å². The van der Waals surface area contributed by atoms with Crippen molar-refractivity contribution in [1.82, 2.24) is 4.90 Å². The molecule has 1 N–H and O–H groups in total. The first kappa shape index (κ1) is 23.7. The number of carbonyl (C=O) groups is 1. The lowest BCUT2D eigenvalue weighted by molar-refractivity contribution is -0.118. The summed E-state index contributed by atoms with van der Waals surface area (Å²) in [5, 5.41) is 2.84. The number of methoxy groups -OCH3 is 1. The molecule has 8 heteroatoms. The molecule has 2 atom stereocenters. The normalized spacial score (nSPS) is 18.4. The molecule has 0 unspecified atom stereocenters. The van der Waals surface area contributed by atoms with Gasteiger partial charge in [0.1, 0.15) is 4.99 Å². The van der Waals surface area contributed by atoms with E-state index in [1.807, 2.05) is 57.2 Å². The lowest BCUT2D eigenvalue weighted by Crippen LogP contribution is -2.47. The number of nitrogens with one attached hydrogen (secondary N) is 1. The summed E-state index contributed by atoms with van der Waals surface area (Å²) in [6.07, 6.45) is 0.245. The number of nitrogens with zero attached hydrogens (tertiary/aromatic N) is 1. The zero-order valence-electron chi connectivity index (χ0n) is 18.1. The number of hydrogen-bond acceptors (Lipinski definition) is 5. The van der Waals surface area contributed by atoms with Crippen molar-refractivity contribution in [1.29, 1.82) is 0 Å². The predicted octanol–water partition coefficient (Wildman–Crippen LogP) is 4.41. The van der Waals surface area contributed by atoms with Crippen LogP contribution in [0.25, 0.3) is 0 Å². The Kier molecular flexibility index (Phi) is 8.12. The van der Waals surface area contributed by atoms with Gasteiger partial charge in [-0.2, -0.15) is 0 Å². The number of amides is 1. The minimum atomic E-state index is -0.237. The SMILES string of the molecule is COc1cc(C(=S)N2C[C@@H](C)O[C@H](C)C2)cc(I)c1OCC(=O)Nc1cccc(C)c1. The molecule has 1 amide bonds. The smallest absolute Gasteiger partial charge is 0.262 e. The fraction of sp³-hybridized carbons (Fsp3) is 0.391. The Morgan fingerprint density at radius 3 is 2.61 bits per heavy atom. The van der Waals surface area contributed by atoms with Crippen LogP contribution in [-0.4, -0.2) is 54.8 Å². The van der Waals surface area contributed by atoms with Crippen LogP contribution in [0, 0.1) is 10.5 Å². The van der Waals surface area contributed by atoms with Crippen molar-refractivity contribution in [2.45, 2.75) is 33.0 Å². The number of rotatable bonds is 6. The summed E-state index contributed by atoms with van der Waals surface area (Å²) in [7, 11) is 1.58. The number of morpholine rings is 1. The second-order valence-corrected chi connectivity index (χ2v) is 9.21. The third-order valence-corrected chi connectivity index (χ3v) is 6.13. The molecule has 166 valence electrons. The average Bonchev–Trinajstić information content (AvgIpc) is 2.71. The molecule has 1 aliphatic rings. The Labute approximate surface area is 202 Å². The van der Waals surface area contributed by atoms with E-state index in [4.69, 9.17) is 26.4 Å². The number of halogens is 1. The van der Waals surface area contributed by atoms with E-state index in [9.17, 15) is 4.79 Å². The van der Waals surface area contributed by atoms with Gasteiger partial charge in [-0.3, -0.25) is 4.79 Å². The second-order valence-electron chi connectivity index (χ2n) is 7.66. The molecule has 0 aliphatic carbocycles. The number of benzene rings is 2. The molecule has 1 saturated heterocycles. The summed E-state index contributed by atoms with van der Waals surface area (Å²) < 4.78 is 18.0. The number of ether oxygens (including phenoxy) is 3. The van der Waals surface area contributed by atoms with Crippen molar-refractivity contribution in [3.63, 3.8) is 0 Å². The topological polar surface area (TPSA) is 60.0 Å². The van der Waals surface area contributed by atoms with E-state index in [1.54, 1.807) is 7.11 Å². The second kappa shape index (κ2) is 10.6. The van der Waals surface area contributed by atoms with E-state index < -0.39 is 0 Å². The van der Waals surface area contributed by atoms with E-state index in [0.29, 0.717) is 11.5 Å². The van der Waals surface area contributed by atoms with Crippen LogP contribution in [0.3, 0.4) is 0 Å². The highest BCUT2D eigenvalue weighted by Gasteiger charge is 2.25. The summed E-state index contributed by atoms with van der Waals surface area (Å²) in [5.74, 6) is 0.832. The minimum absolute atomic E-state index is 0.122. The zero-order chi connectivity index (χ0) is 22.5. The van der Waals surface area contributed by atoms with Crippen LogP contribution in [0.4, 0.5) is 5.69 Å². The highest BCUT2D eigenvalue weighted by molar-refractivity contribution is 14.1. The molecular weight excluding hydrogens is 527 g/mol.